The Kier molecular flexibility index (Phi) is 4.46. The second-order valence-electron chi connectivity index (χ2n) is 5.28. The fourth-order valence-electron chi connectivity index (χ4n) is 2.41. The number of nitrogens with zero attached hydrogens (tertiary/aromatic N) is 7. The van der Waals surface area contributed by atoms with Crippen molar-refractivity contribution in [2.75, 3.05) is 32.8 Å². The van der Waals surface area contributed by atoms with Gasteiger partial charge in [0.05, 0.1) is 19.8 Å². The second-order valence-corrected chi connectivity index (χ2v) is 5.28. The molecule has 0 spiro atoms. The van der Waals surface area contributed by atoms with Crippen LogP contribution in [0.1, 0.15) is 6.92 Å². The topological polar surface area (TPSA) is 81.9 Å². The second kappa shape index (κ2) is 6.68. The highest BCUT2D eigenvalue weighted by molar-refractivity contribution is 5.45. The van der Waals surface area contributed by atoms with E-state index in [1.165, 1.54) is 6.33 Å². The van der Waals surface area contributed by atoms with Gasteiger partial charge in [0.2, 0.25) is 5.82 Å². The van der Waals surface area contributed by atoms with E-state index in [1.807, 2.05) is 0 Å². The number of hydrogen-bond donors (Lipinski definition) is 0. The van der Waals surface area contributed by atoms with Crippen molar-refractivity contribution in [3.63, 3.8) is 0 Å². The lowest BCUT2D eigenvalue weighted by Gasteiger charge is -2.28. The molecule has 1 atom stereocenters. The van der Waals surface area contributed by atoms with Crippen LogP contribution in [-0.2, 0) is 11.3 Å². The van der Waals surface area contributed by atoms with E-state index in [2.05, 4.69) is 37.2 Å². The Balaban J connectivity index is 1.56. The fraction of sp³-hybridized carbons (Fsp3) is 0.615. The van der Waals surface area contributed by atoms with Crippen molar-refractivity contribution in [1.82, 2.24) is 35.1 Å². The summed E-state index contributed by atoms with van der Waals surface area (Å²) in [6.07, 6.45) is 3.15. The monoisotopic (exact) mass is 289 g/mol. The van der Waals surface area contributed by atoms with Gasteiger partial charge in [-0.1, -0.05) is 6.92 Å². The molecule has 1 saturated heterocycles. The maximum Gasteiger partial charge on any atom is 0.223 e. The van der Waals surface area contributed by atoms with Crippen molar-refractivity contribution >= 4 is 0 Å². The van der Waals surface area contributed by atoms with Crippen LogP contribution in [0, 0.1) is 5.92 Å². The average Bonchev–Trinajstić information content (AvgIpc) is 2.97. The molecule has 1 aliphatic rings. The zero-order valence-corrected chi connectivity index (χ0v) is 12.1. The standard InChI is InChI=1S/C13H19N7O/c1-11(8-19-4-6-21-7-5-19)9-20-17-13(16-18-20)12-2-3-14-10-15-12/h2-3,10-11H,4-9H2,1H3. The average molecular weight is 289 g/mol. The minimum absolute atomic E-state index is 0.454. The van der Waals surface area contributed by atoms with Gasteiger partial charge in [-0.3, -0.25) is 4.90 Å². The third-order valence-electron chi connectivity index (χ3n) is 3.41. The van der Waals surface area contributed by atoms with Crippen molar-refractivity contribution in [2.24, 2.45) is 5.92 Å². The quantitative estimate of drug-likeness (QED) is 0.772. The van der Waals surface area contributed by atoms with Crippen molar-refractivity contribution in [3.05, 3.63) is 18.6 Å². The Labute approximate surface area is 123 Å². The van der Waals surface area contributed by atoms with Crippen LogP contribution < -0.4 is 0 Å². The molecule has 2 aromatic rings. The summed E-state index contributed by atoms with van der Waals surface area (Å²) < 4.78 is 5.36. The van der Waals surface area contributed by atoms with Gasteiger partial charge in [-0.2, -0.15) is 4.80 Å². The van der Waals surface area contributed by atoms with E-state index in [-0.39, 0.29) is 0 Å². The Morgan fingerprint density at radius 2 is 2.14 bits per heavy atom. The Morgan fingerprint density at radius 1 is 1.29 bits per heavy atom. The molecule has 2 aromatic heterocycles. The lowest BCUT2D eigenvalue weighted by atomic mass is 10.1. The first-order valence-electron chi connectivity index (χ1n) is 7.15. The first-order chi connectivity index (χ1) is 10.3. The number of aromatic nitrogens is 6. The van der Waals surface area contributed by atoms with Gasteiger partial charge in [0.25, 0.3) is 0 Å². The predicted octanol–water partition coefficient (Wildman–Crippen LogP) is 0.0984. The summed E-state index contributed by atoms with van der Waals surface area (Å²) in [7, 11) is 0. The van der Waals surface area contributed by atoms with Crippen LogP contribution in [0.4, 0.5) is 0 Å². The summed E-state index contributed by atoms with van der Waals surface area (Å²) in [6.45, 7) is 7.62. The van der Waals surface area contributed by atoms with Crippen LogP contribution in [0.5, 0.6) is 0 Å². The molecule has 21 heavy (non-hydrogen) atoms. The maximum atomic E-state index is 5.36. The SMILES string of the molecule is CC(CN1CCOCC1)Cn1nnc(-c2ccncn2)n1. The summed E-state index contributed by atoms with van der Waals surface area (Å²) >= 11 is 0. The molecule has 3 rings (SSSR count). The lowest BCUT2D eigenvalue weighted by molar-refractivity contribution is 0.0302. The molecule has 3 heterocycles. The van der Waals surface area contributed by atoms with Gasteiger partial charge in [0.1, 0.15) is 12.0 Å². The molecule has 8 nitrogen and oxygen atoms in total. The van der Waals surface area contributed by atoms with Crippen molar-refractivity contribution < 1.29 is 4.74 Å². The third kappa shape index (κ3) is 3.79. The van der Waals surface area contributed by atoms with Crippen LogP contribution in [0.3, 0.4) is 0 Å². The molecule has 0 amide bonds. The smallest absolute Gasteiger partial charge is 0.223 e. The highest BCUT2D eigenvalue weighted by Crippen LogP contribution is 2.09. The van der Waals surface area contributed by atoms with Crippen LogP contribution in [0.2, 0.25) is 0 Å². The minimum Gasteiger partial charge on any atom is -0.379 e. The Bertz CT molecular complexity index is 553. The van der Waals surface area contributed by atoms with Gasteiger partial charge in [0.15, 0.2) is 0 Å². The van der Waals surface area contributed by atoms with Gasteiger partial charge >= 0.3 is 0 Å². The highest BCUT2D eigenvalue weighted by Gasteiger charge is 2.15. The van der Waals surface area contributed by atoms with E-state index in [0.29, 0.717) is 17.4 Å². The molecule has 1 fully saturated rings. The summed E-state index contributed by atoms with van der Waals surface area (Å²) in [4.78, 5) is 12.1. The van der Waals surface area contributed by atoms with Crippen molar-refractivity contribution in [2.45, 2.75) is 13.5 Å². The first kappa shape index (κ1) is 14.0. The summed E-state index contributed by atoms with van der Waals surface area (Å²) in [6, 6.07) is 1.78. The molecule has 0 aromatic carbocycles. The Morgan fingerprint density at radius 3 is 2.90 bits per heavy atom. The van der Waals surface area contributed by atoms with Crippen LogP contribution in [0.25, 0.3) is 11.5 Å². The molecule has 0 saturated carbocycles. The van der Waals surface area contributed by atoms with Crippen LogP contribution in [-0.4, -0.2) is 67.9 Å². The summed E-state index contributed by atoms with van der Waals surface area (Å²) in [5.74, 6) is 0.992. The largest absolute Gasteiger partial charge is 0.379 e. The van der Waals surface area contributed by atoms with Crippen LogP contribution >= 0.6 is 0 Å². The summed E-state index contributed by atoms with van der Waals surface area (Å²) in [5.41, 5.74) is 0.692. The normalized spacial score (nSPS) is 17.8. The first-order valence-corrected chi connectivity index (χ1v) is 7.15. The van der Waals surface area contributed by atoms with E-state index in [9.17, 15) is 0 Å². The molecule has 0 aliphatic carbocycles. The Hall–Kier alpha value is -1.93. The van der Waals surface area contributed by atoms with Crippen molar-refractivity contribution in [1.29, 1.82) is 0 Å². The van der Waals surface area contributed by atoms with Crippen LogP contribution in [0.15, 0.2) is 18.6 Å². The number of hydrogen-bond acceptors (Lipinski definition) is 7. The highest BCUT2D eigenvalue weighted by atomic mass is 16.5. The zero-order chi connectivity index (χ0) is 14.5. The molecule has 0 bridgehead atoms. The number of tetrazole rings is 1. The fourth-order valence-corrected chi connectivity index (χ4v) is 2.41. The molecular formula is C13H19N7O. The van der Waals surface area contributed by atoms with E-state index in [1.54, 1.807) is 17.1 Å². The molecule has 0 N–H and O–H groups in total. The molecule has 112 valence electrons. The molecular weight excluding hydrogens is 270 g/mol. The van der Waals surface area contributed by atoms with Gasteiger partial charge in [-0.05, 0) is 17.2 Å². The zero-order valence-electron chi connectivity index (χ0n) is 12.1. The van der Waals surface area contributed by atoms with E-state index >= 15 is 0 Å². The molecule has 8 heteroatoms. The molecule has 0 radical (unpaired) electrons. The number of rotatable bonds is 5. The van der Waals surface area contributed by atoms with Gasteiger partial charge in [0, 0.05) is 25.8 Å². The van der Waals surface area contributed by atoms with E-state index in [0.717, 1.165) is 39.4 Å². The lowest BCUT2D eigenvalue weighted by Crippen LogP contribution is -2.39. The van der Waals surface area contributed by atoms with Gasteiger partial charge in [-0.15, -0.1) is 10.2 Å². The number of ether oxygens (including phenoxy) is 1. The third-order valence-corrected chi connectivity index (χ3v) is 3.41. The minimum atomic E-state index is 0.454. The molecule has 1 unspecified atom stereocenters. The molecule has 1 aliphatic heterocycles. The maximum absolute atomic E-state index is 5.36. The predicted molar refractivity (Wildman–Crippen MR) is 75.3 cm³/mol. The van der Waals surface area contributed by atoms with Gasteiger partial charge < -0.3 is 4.74 Å². The van der Waals surface area contributed by atoms with Crippen molar-refractivity contribution in [3.8, 4) is 11.5 Å². The number of morpholine rings is 1. The van der Waals surface area contributed by atoms with Gasteiger partial charge in [-0.25, -0.2) is 9.97 Å². The summed E-state index contributed by atoms with van der Waals surface area (Å²) in [5, 5.41) is 12.5. The van der Waals surface area contributed by atoms with E-state index in [4.69, 9.17) is 4.74 Å². The van der Waals surface area contributed by atoms with E-state index < -0.39 is 0 Å².